The first kappa shape index (κ1) is 22.3. The second kappa shape index (κ2) is 9.77. The molecule has 5 nitrogen and oxygen atoms in total. The van der Waals surface area contributed by atoms with Crippen LogP contribution in [-0.2, 0) is 16.0 Å². The smallest absolute Gasteiger partial charge is 0.283 e. The Morgan fingerprint density at radius 1 is 0.676 bits per heavy atom. The normalized spacial score (nSPS) is 16.6. The number of carbonyl (C=O) groups excluding carboxylic acids is 2. The minimum atomic E-state index is -0.247. The van der Waals surface area contributed by atoms with Gasteiger partial charge in [-0.3, -0.25) is 9.59 Å². The lowest BCUT2D eigenvalue weighted by Crippen LogP contribution is -2.47. The number of aryl methyl sites for hydroxylation is 1. The predicted molar refractivity (Wildman–Crippen MR) is 138 cm³/mol. The highest BCUT2D eigenvalue weighted by Gasteiger charge is 2.43. The van der Waals surface area contributed by atoms with Gasteiger partial charge >= 0.3 is 0 Å². The summed E-state index contributed by atoms with van der Waals surface area (Å²) < 4.78 is 0. The Balaban J connectivity index is 1.44. The Kier molecular flexibility index (Phi) is 6.41. The predicted octanol–water partition coefficient (Wildman–Crippen LogP) is 4.95. The van der Waals surface area contributed by atoms with E-state index in [1.165, 1.54) is 27.9 Å². The molecule has 1 saturated heterocycles. The van der Waals surface area contributed by atoms with Crippen LogP contribution in [0.5, 0.6) is 0 Å². The molecule has 2 amide bonds. The van der Waals surface area contributed by atoms with E-state index in [0.717, 1.165) is 24.4 Å². The van der Waals surface area contributed by atoms with Crippen molar-refractivity contribution in [1.82, 2.24) is 4.90 Å². The molecule has 3 aromatic carbocycles. The number of amides is 2. The van der Waals surface area contributed by atoms with E-state index in [2.05, 4.69) is 28.9 Å². The van der Waals surface area contributed by atoms with Gasteiger partial charge in [0.25, 0.3) is 11.8 Å². The minimum absolute atomic E-state index is 0.235. The van der Waals surface area contributed by atoms with E-state index in [9.17, 15) is 9.59 Å². The third-order valence-corrected chi connectivity index (χ3v) is 7.38. The monoisotopic (exact) mass is 469 g/mol. The van der Waals surface area contributed by atoms with Gasteiger partial charge in [-0.1, -0.05) is 67.2 Å². The number of rotatable bonds is 6. The van der Waals surface area contributed by atoms with Gasteiger partial charge in [-0.05, 0) is 48.4 Å². The Morgan fingerprint density at radius 2 is 1.26 bits per heavy atom. The summed E-state index contributed by atoms with van der Waals surface area (Å²) in [5.74, 6) is -0.482. The molecule has 172 valence electrons. The van der Waals surface area contributed by atoms with Gasteiger partial charge < -0.3 is 9.80 Å². The number of thioether (sulfide) groups is 1. The molecule has 5 rings (SSSR count). The molecule has 2 aliphatic heterocycles. The molecule has 0 aliphatic carbocycles. The second-order valence-electron chi connectivity index (χ2n) is 8.37. The number of hydrogen-bond acceptors (Lipinski definition) is 5. The maximum Gasteiger partial charge on any atom is 0.283 e. The van der Waals surface area contributed by atoms with Crippen LogP contribution in [0.2, 0.25) is 0 Å². The van der Waals surface area contributed by atoms with Gasteiger partial charge in [0.15, 0.2) is 0 Å². The zero-order valence-electron chi connectivity index (χ0n) is 19.2. The van der Waals surface area contributed by atoms with Crippen molar-refractivity contribution in [2.24, 2.45) is 0 Å². The van der Waals surface area contributed by atoms with Crippen molar-refractivity contribution in [3.05, 3.63) is 101 Å². The molecule has 3 aromatic rings. The molecule has 0 unspecified atom stereocenters. The first-order chi connectivity index (χ1) is 16.7. The molecule has 0 spiro atoms. The molecule has 34 heavy (non-hydrogen) atoms. The summed E-state index contributed by atoms with van der Waals surface area (Å²) in [6.45, 7) is 5.05. The summed E-state index contributed by atoms with van der Waals surface area (Å²) in [5, 5.41) is 0. The number of benzene rings is 3. The molecule has 2 aliphatic rings. The molecule has 0 saturated carbocycles. The van der Waals surface area contributed by atoms with Crippen molar-refractivity contribution in [3.63, 3.8) is 0 Å². The van der Waals surface area contributed by atoms with Crippen LogP contribution in [0.4, 0.5) is 11.4 Å². The average molecular weight is 470 g/mol. The standard InChI is InChI=1S/C28H27N3O2S/c1-2-21-13-15-23(16-14-21)31-27(32)25(26(28(31)33)34-24-11-7-4-8-12-24)30-19-17-29(18-20-30)22-9-5-3-6-10-22/h3-16H,2,17-20H2,1H3. The zero-order valence-corrected chi connectivity index (χ0v) is 20.0. The van der Waals surface area contributed by atoms with Crippen molar-refractivity contribution in [3.8, 4) is 0 Å². The van der Waals surface area contributed by atoms with Crippen LogP contribution in [0.15, 0.2) is 100 Å². The molecule has 0 atom stereocenters. The van der Waals surface area contributed by atoms with Crippen molar-refractivity contribution >= 4 is 35.0 Å². The van der Waals surface area contributed by atoms with Crippen molar-refractivity contribution in [2.75, 3.05) is 36.0 Å². The largest absolute Gasteiger partial charge is 0.368 e. The van der Waals surface area contributed by atoms with Crippen molar-refractivity contribution in [1.29, 1.82) is 0 Å². The highest BCUT2D eigenvalue weighted by molar-refractivity contribution is 8.04. The van der Waals surface area contributed by atoms with E-state index in [4.69, 9.17) is 0 Å². The van der Waals surface area contributed by atoms with Crippen molar-refractivity contribution < 1.29 is 9.59 Å². The first-order valence-corrected chi connectivity index (χ1v) is 12.5. The van der Waals surface area contributed by atoms with Crippen LogP contribution in [0, 0.1) is 0 Å². The van der Waals surface area contributed by atoms with E-state index in [-0.39, 0.29) is 11.8 Å². The van der Waals surface area contributed by atoms with Crippen LogP contribution in [-0.4, -0.2) is 42.9 Å². The number of anilines is 2. The van der Waals surface area contributed by atoms with Gasteiger partial charge in [0.05, 0.1) is 5.69 Å². The fourth-order valence-electron chi connectivity index (χ4n) is 4.42. The number of carbonyl (C=O) groups is 2. The van der Waals surface area contributed by atoms with Crippen LogP contribution in [0.1, 0.15) is 12.5 Å². The van der Waals surface area contributed by atoms with E-state index >= 15 is 0 Å². The number of hydrogen-bond donors (Lipinski definition) is 0. The van der Waals surface area contributed by atoms with Gasteiger partial charge in [-0.2, -0.15) is 0 Å². The molecule has 0 aromatic heterocycles. The molecule has 0 bridgehead atoms. The Bertz CT molecular complexity index is 1200. The summed E-state index contributed by atoms with van der Waals surface area (Å²) in [6.07, 6.45) is 0.909. The van der Waals surface area contributed by atoms with Crippen molar-refractivity contribution in [2.45, 2.75) is 18.2 Å². The van der Waals surface area contributed by atoms with Crippen LogP contribution in [0.25, 0.3) is 0 Å². The Morgan fingerprint density at radius 3 is 1.88 bits per heavy atom. The quantitative estimate of drug-likeness (QED) is 0.478. The Hall–Kier alpha value is -3.51. The summed E-state index contributed by atoms with van der Waals surface area (Å²) in [6, 6.07) is 27.8. The van der Waals surface area contributed by atoms with Gasteiger partial charge in [-0.15, -0.1) is 0 Å². The summed E-state index contributed by atoms with van der Waals surface area (Å²) >= 11 is 1.38. The highest BCUT2D eigenvalue weighted by atomic mass is 32.2. The SMILES string of the molecule is CCc1ccc(N2C(=O)C(Sc3ccccc3)=C(N3CCN(c4ccccc4)CC3)C2=O)cc1. The van der Waals surface area contributed by atoms with Gasteiger partial charge in [-0.25, -0.2) is 4.90 Å². The van der Waals surface area contributed by atoms with Gasteiger partial charge in [0.1, 0.15) is 10.6 Å². The average Bonchev–Trinajstić information content (AvgIpc) is 3.14. The zero-order chi connectivity index (χ0) is 23.5. The van der Waals surface area contributed by atoms with Crippen LogP contribution >= 0.6 is 11.8 Å². The highest BCUT2D eigenvalue weighted by Crippen LogP contribution is 2.39. The van der Waals surface area contributed by atoms with E-state index in [1.807, 2.05) is 72.8 Å². The lowest BCUT2D eigenvalue weighted by molar-refractivity contribution is -0.121. The topological polar surface area (TPSA) is 43.9 Å². The summed E-state index contributed by atoms with van der Waals surface area (Å²) in [7, 11) is 0. The molecule has 2 heterocycles. The number of imide groups is 1. The van der Waals surface area contributed by atoms with Gasteiger partial charge in [0.2, 0.25) is 0 Å². The fraction of sp³-hybridized carbons (Fsp3) is 0.214. The fourth-order valence-corrected chi connectivity index (χ4v) is 5.44. The molecule has 0 radical (unpaired) electrons. The molecule has 1 fully saturated rings. The van der Waals surface area contributed by atoms with Crippen LogP contribution < -0.4 is 9.80 Å². The van der Waals surface area contributed by atoms with E-state index < -0.39 is 0 Å². The van der Waals surface area contributed by atoms with E-state index in [0.29, 0.717) is 29.4 Å². The minimum Gasteiger partial charge on any atom is -0.368 e. The first-order valence-electron chi connectivity index (χ1n) is 11.7. The maximum absolute atomic E-state index is 13.7. The molecule has 0 N–H and O–H groups in total. The second-order valence-corrected chi connectivity index (χ2v) is 9.45. The Labute approximate surface area is 204 Å². The maximum atomic E-state index is 13.7. The summed E-state index contributed by atoms with van der Waals surface area (Å²) in [4.78, 5) is 34.5. The number of nitrogens with zero attached hydrogens (tertiary/aromatic N) is 3. The van der Waals surface area contributed by atoms with E-state index in [1.54, 1.807) is 0 Å². The number of piperazine rings is 1. The third-order valence-electron chi connectivity index (χ3n) is 6.30. The third kappa shape index (κ3) is 4.33. The molecular formula is C28H27N3O2S. The molecular weight excluding hydrogens is 442 g/mol. The lowest BCUT2D eigenvalue weighted by atomic mass is 10.1. The van der Waals surface area contributed by atoms with Crippen LogP contribution in [0.3, 0.4) is 0 Å². The summed E-state index contributed by atoms with van der Waals surface area (Å²) in [5.41, 5.74) is 3.50. The lowest BCUT2D eigenvalue weighted by Gasteiger charge is -2.37. The van der Waals surface area contributed by atoms with Gasteiger partial charge in [0, 0.05) is 36.8 Å². The number of para-hydroxylation sites is 1. The molecule has 6 heteroatoms.